The number of hydrogen-bond acceptors (Lipinski definition) is 3. The summed E-state index contributed by atoms with van der Waals surface area (Å²) in [6.07, 6.45) is 3.72. The average Bonchev–Trinajstić information content (AvgIpc) is 2.37. The maximum absolute atomic E-state index is 12.3. The van der Waals surface area contributed by atoms with Gasteiger partial charge in [0.05, 0.1) is 0 Å². The van der Waals surface area contributed by atoms with Crippen LogP contribution < -0.4 is 5.73 Å². The molecule has 1 aromatic rings. The normalized spacial score (nSPS) is 17.5. The summed E-state index contributed by atoms with van der Waals surface area (Å²) in [5.74, 6) is 0.685. The number of likely N-dealkylation sites (tertiary alicyclic amines) is 1. The first kappa shape index (κ1) is 13.8. The molecule has 2 N–H and O–H groups in total. The van der Waals surface area contributed by atoms with Crippen LogP contribution in [0.15, 0.2) is 18.3 Å². The molecule has 19 heavy (non-hydrogen) atoms. The monoisotopic (exact) mass is 261 g/mol. The molecule has 1 aromatic heterocycles. The number of aromatic nitrogens is 1. The highest BCUT2D eigenvalue weighted by Gasteiger charge is 2.30. The number of carbonyl (C=O) groups is 1. The molecule has 1 aliphatic rings. The Morgan fingerprint density at radius 3 is 2.53 bits per heavy atom. The number of pyridine rings is 1. The van der Waals surface area contributed by atoms with E-state index in [1.165, 1.54) is 0 Å². The fourth-order valence-electron chi connectivity index (χ4n) is 2.67. The Bertz CT molecular complexity index is 457. The molecule has 4 heteroatoms. The van der Waals surface area contributed by atoms with Gasteiger partial charge in [0.1, 0.15) is 5.69 Å². The van der Waals surface area contributed by atoms with Crippen molar-refractivity contribution in [2.24, 2.45) is 11.3 Å². The minimum atomic E-state index is -0.000316. The number of nitrogen functional groups attached to an aromatic ring is 1. The Morgan fingerprint density at radius 2 is 2.00 bits per heavy atom. The van der Waals surface area contributed by atoms with Crippen LogP contribution in [0.1, 0.15) is 44.1 Å². The Morgan fingerprint density at radius 1 is 1.37 bits per heavy atom. The van der Waals surface area contributed by atoms with E-state index < -0.39 is 0 Å². The van der Waals surface area contributed by atoms with Crippen LogP contribution in [0, 0.1) is 11.3 Å². The molecule has 0 bridgehead atoms. The molecule has 1 saturated heterocycles. The quantitative estimate of drug-likeness (QED) is 0.845. The number of amides is 1. The topological polar surface area (TPSA) is 59.2 Å². The van der Waals surface area contributed by atoms with Crippen LogP contribution in [0.4, 0.5) is 5.69 Å². The molecule has 0 atom stereocenters. The predicted octanol–water partition coefficient (Wildman–Crippen LogP) is 2.56. The number of nitrogens with two attached hydrogens (primary N) is 1. The Kier molecular flexibility index (Phi) is 3.78. The van der Waals surface area contributed by atoms with E-state index in [1.807, 2.05) is 4.90 Å². The molecule has 0 aliphatic carbocycles. The van der Waals surface area contributed by atoms with Gasteiger partial charge in [-0.05, 0) is 36.3 Å². The van der Waals surface area contributed by atoms with Crippen molar-refractivity contribution < 1.29 is 4.79 Å². The van der Waals surface area contributed by atoms with Crippen molar-refractivity contribution in [1.82, 2.24) is 9.88 Å². The number of rotatable bonds is 1. The van der Waals surface area contributed by atoms with Crippen molar-refractivity contribution in [3.63, 3.8) is 0 Å². The summed E-state index contributed by atoms with van der Waals surface area (Å²) >= 11 is 0. The zero-order valence-corrected chi connectivity index (χ0v) is 12.0. The predicted molar refractivity (Wildman–Crippen MR) is 76.7 cm³/mol. The second-order valence-corrected chi connectivity index (χ2v) is 6.41. The number of hydrogen-bond donors (Lipinski definition) is 1. The Hall–Kier alpha value is -1.58. The molecule has 1 aliphatic heterocycles. The molecule has 0 aromatic carbocycles. The lowest BCUT2D eigenvalue weighted by Gasteiger charge is -2.38. The standard InChI is InChI=1S/C15H23N3O/c1-15(2,3)11-5-8-18(9-6-11)14(19)13-10-12(16)4-7-17-13/h4,7,10-11H,5-6,8-9H2,1-3H3,(H2,16,17). The van der Waals surface area contributed by atoms with Gasteiger partial charge in [0.15, 0.2) is 0 Å². The van der Waals surface area contributed by atoms with E-state index in [2.05, 4.69) is 25.8 Å². The summed E-state index contributed by atoms with van der Waals surface area (Å²) in [4.78, 5) is 18.3. The summed E-state index contributed by atoms with van der Waals surface area (Å²) in [6, 6.07) is 3.35. The van der Waals surface area contributed by atoms with Gasteiger partial charge in [0, 0.05) is 25.0 Å². The highest BCUT2D eigenvalue weighted by molar-refractivity contribution is 5.93. The molecule has 2 heterocycles. The van der Waals surface area contributed by atoms with Gasteiger partial charge in [-0.1, -0.05) is 20.8 Å². The maximum atomic E-state index is 12.3. The molecule has 1 fully saturated rings. The van der Waals surface area contributed by atoms with Crippen LogP contribution in [0.2, 0.25) is 0 Å². The molecule has 104 valence electrons. The first-order chi connectivity index (χ1) is 8.88. The van der Waals surface area contributed by atoms with Gasteiger partial charge in [-0.15, -0.1) is 0 Å². The summed E-state index contributed by atoms with van der Waals surface area (Å²) in [5, 5.41) is 0. The van der Waals surface area contributed by atoms with Crippen molar-refractivity contribution in [2.45, 2.75) is 33.6 Å². The van der Waals surface area contributed by atoms with E-state index in [9.17, 15) is 4.79 Å². The van der Waals surface area contributed by atoms with Crippen LogP contribution in [0.3, 0.4) is 0 Å². The number of piperidine rings is 1. The average molecular weight is 261 g/mol. The summed E-state index contributed by atoms with van der Waals surface area (Å²) < 4.78 is 0. The zero-order valence-electron chi connectivity index (χ0n) is 12.0. The molecule has 1 amide bonds. The lowest BCUT2D eigenvalue weighted by atomic mass is 9.75. The SMILES string of the molecule is CC(C)(C)C1CCN(C(=O)c2cc(N)ccn2)CC1. The summed E-state index contributed by atoms with van der Waals surface area (Å²) in [7, 11) is 0. The maximum Gasteiger partial charge on any atom is 0.272 e. The smallest absolute Gasteiger partial charge is 0.272 e. The van der Waals surface area contributed by atoms with Gasteiger partial charge in [0.2, 0.25) is 0 Å². The van der Waals surface area contributed by atoms with Gasteiger partial charge >= 0.3 is 0 Å². The van der Waals surface area contributed by atoms with Crippen molar-refractivity contribution in [3.8, 4) is 0 Å². The van der Waals surface area contributed by atoms with Crippen molar-refractivity contribution >= 4 is 11.6 Å². The van der Waals surface area contributed by atoms with Gasteiger partial charge in [0.25, 0.3) is 5.91 Å². The van der Waals surface area contributed by atoms with Crippen molar-refractivity contribution in [1.29, 1.82) is 0 Å². The summed E-state index contributed by atoms with van der Waals surface area (Å²) in [6.45, 7) is 8.45. The van der Waals surface area contributed by atoms with E-state index in [1.54, 1.807) is 18.3 Å². The first-order valence-electron chi connectivity index (χ1n) is 6.89. The van der Waals surface area contributed by atoms with Gasteiger partial charge in [-0.3, -0.25) is 9.78 Å². The van der Waals surface area contributed by atoms with Crippen LogP contribution in [0.5, 0.6) is 0 Å². The largest absolute Gasteiger partial charge is 0.399 e. The number of carbonyl (C=O) groups excluding carboxylic acids is 1. The van der Waals surface area contributed by atoms with Gasteiger partial charge < -0.3 is 10.6 Å². The minimum Gasteiger partial charge on any atom is -0.399 e. The van der Waals surface area contributed by atoms with E-state index >= 15 is 0 Å². The van der Waals surface area contributed by atoms with Crippen LogP contribution in [-0.4, -0.2) is 28.9 Å². The molecular formula is C15H23N3O. The van der Waals surface area contributed by atoms with Gasteiger partial charge in [-0.25, -0.2) is 0 Å². The van der Waals surface area contributed by atoms with E-state index in [0.29, 0.717) is 22.7 Å². The second-order valence-electron chi connectivity index (χ2n) is 6.41. The molecule has 4 nitrogen and oxygen atoms in total. The van der Waals surface area contributed by atoms with E-state index in [-0.39, 0.29) is 5.91 Å². The fraction of sp³-hybridized carbons (Fsp3) is 0.600. The minimum absolute atomic E-state index is 0.000316. The first-order valence-corrected chi connectivity index (χ1v) is 6.89. The highest BCUT2D eigenvalue weighted by Crippen LogP contribution is 2.34. The third-order valence-corrected chi connectivity index (χ3v) is 4.01. The third kappa shape index (κ3) is 3.25. The molecular weight excluding hydrogens is 238 g/mol. The number of nitrogens with zero attached hydrogens (tertiary/aromatic N) is 2. The lowest BCUT2D eigenvalue weighted by molar-refractivity contribution is 0.0603. The molecule has 0 saturated carbocycles. The molecule has 0 radical (unpaired) electrons. The zero-order chi connectivity index (χ0) is 14.0. The van der Waals surface area contributed by atoms with Crippen molar-refractivity contribution in [3.05, 3.63) is 24.0 Å². The molecule has 0 unspecified atom stereocenters. The number of anilines is 1. The molecule has 2 rings (SSSR count). The van der Waals surface area contributed by atoms with Gasteiger partial charge in [-0.2, -0.15) is 0 Å². The van der Waals surface area contributed by atoms with Crippen LogP contribution >= 0.6 is 0 Å². The van der Waals surface area contributed by atoms with E-state index in [4.69, 9.17) is 5.73 Å². The van der Waals surface area contributed by atoms with Crippen LogP contribution in [0.25, 0.3) is 0 Å². The molecule has 0 spiro atoms. The Labute approximate surface area is 115 Å². The third-order valence-electron chi connectivity index (χ3n) is 4.01. The van der Waals surface area contributed by atoms with E-state index in [0.717, 1.165) is 25.9 Å². The Balaban J connectivity index is 2.00. The lowest BCUT2D eigenvalue weighted by Crippen LogP contribution is -2.41. The fourth-order valence-corrected chi connectivity index (χ4v) is 2.67. The summed E-state index contributed by atoms with van der Waals surface area (Å²) in [5.41, 5.74) is 7.06. The highest BCUT2D eigenvalue weighted by atomic mass is 16.2. The van der Waals surface area contributed by atoms with Crippen LogP contribution in [-0.2, 0) is 0 Å². The van der Waals surface area contributed by atoms with Crippen molar-refractivity contribution in [2.75, 3.05) is 18.8 Å². The second kappa shape index (κ2) is 5.19.